The predicted octanol–water partition coefficient (Wildman–Crippen LogP) is 3.97. The van der Waals surface area contributed by atoms with Crippen LogP contribution in [0.15, 0.2) is 0 Å². The first kappa shape index (κ1) is 11.8. The number of fused-ring (bicyclic) bond motifs is 1. The molecule has 1 saturated heterocycles. The van der Waals surface area contributed by atoms with Crippen LogP contribution in [0.1, 0.15) is 54.4 Å². The smallest absolute Gasteiger partial charge is 0.143 e. The molecule has 1 aliphatic heterocycles. The molecule has 2 heterocycles. The molecule has 1 fully saturated rings. The highest BCUT2D eigenvalue weighted by molar-refractivity contribution is 7.99. The van der Waals surface area contributed by atoms with Gasteiger partial charge in [-0.3, -0.25) is 0 Å². The van der Waals surface area contributed by atoms with Gasteiger partial charge >= 0.3 is 0 Å². The molecule has 0 radical (unpaired) electrons. The fraction of sp³-hybridized carbons (Fsp3) is 0.692. The molecule has 2 aliphatic rings. The van der Waals surface area contributed by atoms with E-state index in [9.17, 15) is 0 Å². The van der Waals surface area contributed by atoms with Crippen molar-refractivity contribution in [3.8, 4) is 0 Å². The highest BCUT2D eigenvalue weighted by atomic mass is 35.5. The van der Waals surface area contributed by atoms with E-state index >= 15 is 0 Å². The van der Waals surface area contributed by atoms with Crippen LogP contribution < -0.4 is 0 Å². The molecular formula is C13H17ClN2S. The van der Waals surface area contributed by atoms with Crippen LogP contribution in [0.25, 0.3) is 0 Å². The van der Waals surface area contributed by atoms with E-state index in [1.54, 1.807) is 0 Å². The quantitative estimate of drug-likeness (QED) is 0.569. The molecule has 0 saturated carbocycles. The van der Waals surface area contributed by atoms with Crippen LogP contribution in [-0.4, -0.2) is 15.7 Å². The summed E-state index contributed by atoms with van der Waals surface area (Å²) >= 11 is 8.31. The van der Waals surface area contributed by atoms with E-state index in [1.165, 1.54) is 49.1 Å². The summed E-state index contributed by atoms with van der Waals surface area (Å²) in [6, 6.07) is 0. The average Bonchev–Trinajstić information content (AvgIpc) is 2.75. The number of aromatic nitrogens is 2. The Morgan fingerprint density at radius 1 is 1.06 bits per heavy atom. The van der Waals surface area contributed by atoms with E-state index < -0.39 is 0 Å². The first-order valence-corrected chi connectivity index (χ1v) is 7.94. The van der Waals surface area contributed by atoms with Crippen molar-refractivity contribution in [2.24, 2.45) is 0 Å². The number of hydrogen-bond acceptors (Lipinski definition) is 3. The molecule has 0 N–H and O–H groups in total. The molecule has 1 atom stereocenters. The Hall–Kier alpha value is -0.280. The van der Waals surface area contributed by atoms with Gasteiger partial charge in [-0.1, -0.05) is 18.0 Å². The molecule has 17 heavy (non-hydrogen) atoms. The van der Waals surface area contributed by atoms with Gasteiger partial charge in [-0.15, -0.1) is 0 Å². The number of thioether (sulfide) groups is 1. The molecule has 1 unspecified atom stereocenters. The fourth-order valence-electron chi connectivity index (χ4n) is 2.67. The summed E-state index contributed by atoms with van der Waals surface area (Å²) in [5, 5.41) is 1.21. The van der Waals surface area contributed by atoms with Crippen molar-refractivity contribution in [2.75, 3.05) is 5.75 Å². The van der Waals surface area contributed by atoms with Crippen molar-refractivity contribution in [3.05, 3.63) is 22.2 Å². The zero-order valence-electron chi connectivity index (χ0n) is 9.91. The van der Waals surface area contributed by atoms with Gasteiger partial charge in [0.05, 0.1) is 5.25 Å². The molecule has 3 rings (SSSR count). The van der Waals surface area contributed by atoms with Crippen LogP contribution in [0, 0.1) is 0 Å². The minimum atomic E-state index is 0.487. The van der Waals surface area contributed by atoms with Crippen LogP contribution >= 0.6 is 23.4 Å². The molecule has 0 bridgehead atoms. The zero-order chi connectivity index (χ0) is 11.7. The van der Waals surface area contributed by atoms with E-state index in [0.29, 0.717) is 5.25 Å². The zero-order valence-corrected chi connectivity index (χ0v) is 11.5. The normalized spacial score (nSPS) is 24.4. The second kappa shape index (κ2) is 5.15. The fourth-order valence-corrected chi connectivity index (χ4v) is 4.16. The summed E-state index contributed by atoms with van der Waals surface area (Å²) in [5.41, 5.74) is 2.45. The summed E-state index contributed by atoms with van der Waals surface area (Å²) in [5.74, 6) is 2.22. The molecule has 0 amide bonds. The van der Waals surface area contributed by atoms with Crippen LogP contribution in [0.3, 0.4) is 0 Å². The molecule has 0 spiro atoms. The van der Waals surface area contributed by atoms with Crippen molar-refractivity contribution >= 4 is 23.4 Å². The Kier molecular flexibility index (Phi) is 3.57. The van der Waals surface area contributed by atoms with E-state index in [-0.39, 0.29) is 0 Å². The third-order valence-electron chi connectivity index (χ3n) is 3.62. The van der Waals surface area contributed by atoms with Crippen molar-refractivity contribution < 1.29 is 0 Å². The lowest BCUT2D eigenvalue weighted by Gasteiger charge is -2.12. The minimum Gasteiger partial charge on any atom is -0.236 e. The number of aryl methyl sites for hydroxylation is 1. The largest absolute Gasteiger partial charge is 0.236 e. The lowest BCUT2D eigenvalue weighted by atomic mass is 10.1. The summed E-state index contributed by atoms with van der Waals surface area (Å²) in [6.45, 7) is 0. The van der Waals surface area contributed by atoms with Crippen molar-refractivity contribution in [3.63, 3.8) is 0 Å². The van der Waals surface area contributed by atoms with Gasteiger partial charge in [-0.2, -0.15) is 11.8 Å². The van der Waals surface area contributed by atoms with E-state index in [1.807, 2.05) is 11.8 Å². The van der Waals surface area contributed by atoms with E-state index in [0.717, 1.165) is 23.8 Å². The second-order valence-corrected chi connectivity index (χ2v) is 6.53. The number of hydrogen-bond donors (Lipinski definition) is 0. The monoisotopic (exact) mass is 268 g/mol. The Bertz CT molecular complexity index is 416. The third kappa shape index (κ3) is 2.45. The maximum absolute atomic E-state index is 6.34. The molecule has 1 aliphatic carbocycles. The third-order valence-corrected chi connectivity index (χ3v) is 5.30. The summed E-state index contributed by atoms with van der Waals surface area (Å²) in [4.78, 5) is 9.34. The van der Waals surface area contributed by atoms with Crippen molar-refractivity contribution in [2.45, 2.75) is 50.2 Å². The number of halogens is 1. The van der Waals surface area contributed by atoms with Crippen LogP contribution in [-0.2, 0) is 12.8 Å². The van der Waals surface area contributed by atoms with E-state index in [2.05, 4.69) is 4.98 Å². The number of nitrogens with zero attached hydrogens (tertiary/aromatic N) is 2. The highest BCUT2D eigenvalue weighted by Crippen LogP contribution is 2.39. The maximum atomic E-state index is 6.34. The molecular weight excluding hydrogens is 252 g/mol. The second-order valence-electron chi connectivity index (χ2n) is 4.86. The molecule has 2 nitrogen and oxygen atoms in total. The molecule has 92 valence electrons. The minimum absolute atomic E-state index is 0.487. The van der Waals surface area contributed by atoms with Gasteiger partial charge in [0, 0.05) is 11.3 Å². The van der Waals surface area contributed by atoms with Gasteiger partial charge in [0.25, 0.3) is 0 Å². The summed E-state index contributed by atoms with van der Waals surface area (Å²) in [7, 11) is 0. The Morgan fingerprint density at radius 3 is 2.76 bits per heavy atom. The average molecular weight is 269 g/mol. The first-order chi connectivity index (χ1) is 8.34. The Balaban J connectivity index is 1.96. The highest BCUT2D eigenvalue weighted by Gasteiger charge is 2.23. The van der Waals surface area contributed by atoms with Gasteiger partial charge in [-0.25, -0.2) is 9.97 Å². The SMILES string of the molecule is Clc1nc(C2CCCS2)nc2c1CCCCC2. The van der Waals surface area contributed by atoms with Crippen molar-refractivity contribution in [1.82, 2.24) is 9.97 Å². The molecule has 1 aromatic heterocycles. The number of rotatable bonds is 1. The van der Waals surface area contributed by atoms with Crippen LogP contribution in [0.4, 0.5) is 0 Å². The van der Waals surface area contributed by atoms with Gasteiger partial charge in [0.15, 0.2) is 0 Å². The topological polar surface area (TPSA) is 25.8 Å². The van der Waals surface area contributed by atoms with Crippen LogP contribution in [0.2, 0.25) is 5.15 Å². The molecule has 0 aromatic carbocycles. The van der Waals surface area contributed by atoms with E-state index in [4.69, 9.17) is 16.6 Å². The van der Waals surface area contributed by atoms with Crippen molar-refractivity contribution in [1.29, 1.82) is 0 Å². The predicted molar refractivity (Wildman–Crippen MR) is 72.7 cm³/mol. The maximum Gasteiger partial charge on any atom is 0.143 e. The van der Waals surface area contributed by atoms with Gasteiger partial charge in [-0.05, 0) is 44.3 Å². The Labute approximate surface area is 112 Å². The lowest BCUT2D eigenvalue weighted by Crippen LogP contribution is -2.06. The first-order valence-electron chi connectivity index (χ1n) is 6.51. The summed E-state index contributed by atoms with van der Waals surface area (Å²) in [6.07, 6.45) is 8.41. The van der Waals surface area contributed by atoms with Gasteiger partial charge < -0.3 is 0 Å². The van der Waals surface area contributed by atoms with Gasteiger partial charge in [0.1, 0.15) is 11.0 Å². The van der Waals surface area contributed by atoms with Gasteiger partial charge in [0.2, 0.25) is 0 Å². The molecule has 1 aromatic rings. The Morgan fingerprint density at radius 2 is 1.94 bits per heavy atom. The molecule has 4 heteroatoms. The lowest BCUT2D eigenvalue weighted by molar-refractivity contribution is 0.706. The standard InChI is InChI=1S/C13H17ClN2S/c14-12-9-5-2-1-3-6-10(9)15-13(16-12)11-7-4-8-17-11/h11H,1-8H2. The van der Waals surface area contributed by atoms with Crippen LogP contribution in [0.5, 0.6) is 0 Å². The summed E-state index contributed by atoms with van der Waals surface area (Å²) < 4.78 is 0.